The van der Waals surface area contributed by atoms with Gasteiger partial charge in [-0.3, -0.25) is 9.69 Å². The van der Waals surface area contributed by atoms with Crippen molar-refractivity contribution < 1.29 is 9.32 Å². The number of hydrogen-bond donors (Lipinski definition) is 0. The van der Waals surface area contributed by atoms with Crippen molar-refractivity contribution in [1.82, 2.24) is 15.0 Å². The lowest BCUT2D eigenvalue weighted by Crippen LogP contribution is -2.38. The third-order valence-electron chi connectivity index (χ3n) is 4.84. The summed E-state index contributed by atoms with van der Waals surface area (Å²) in [7, 11) is 0. The predicted octanol–water partition coefficient (Wildman–Crippen LogP) is 4.48. The lowest BCUT2D eigenvalue weighted by molar-refractivity contribution is 0.0797. The monoisotopic (exact) mass is 381 g/mol. The van der Waals surface area contributed by atoms with Gasteiger partial charge < -0.3 is 4.52 Å². The van der Waals surface area contributed by atoms with Gasteiger partial charge in [-0.1, -0.05) is 59.2 Å². The number of carbonyl (C=O) groups excluding carboxylic acids is 1. The van der Waals surface area contributed by atoms with Gasteiger partial charge in [-0.25, -0.2) is 0 Å². The van der Waals surface area contributed by atoms with Gasteiger partial charge in [-0.05, 0) is 31.5 Å². The number of benzene rings is 2. The number of piperidine rings is 1. The first-order valence-corrected chi connectivity index (χ1v) is 9.47. The highest BCUT2D eigenvalue weighted by molar-refractivity contribution is 6.31. The largest absolute Gasteiger partial charge is 0.338 e. The van der Waals surface area contributed by atoms with E-state index in [1.165, 1.54) is 0 Å². The molecule has 1 unspecified atom stereocenters. The van der Waals surface area contributed by atoms with Crippen LogP contribution in [-0.2, 0) is 6.54 Å². The second-order valence-electron chi connectivity index (χ2n) is 6.83. The molecule has 0 amide bonds. The molecular weight excluding hydrogens is 362 g/mol. The van der Waals surface area contributed by atoms with E-state index in [0.29, 0.717) is 35.4 Å². The van der Waals surface area contributed by atoms with Crippen molar-refractivity contribution in [2.45, 2.75) is 19.4 Å². The van der Waals surface area contributed by atoms with Crippen molar-refractivity contribution >= 4 is 17.4 Å². The zero-order valence-electron chi connectivity index (χ0n) is 14.8. The smallest absolute Gasteiger partial charge is 0.241 e. The van der Waals surface area contributed by atoms with Gasteiger partial charge in [0.2, 0.25) is 11.7 Å². The number of aromatic nitrogens is 2. The number of carbonyl (C=O) groups is 1. The Morgan fingerprint density at radius 3 is 2.85 bits per heavy atom. The van der Waals surface area contributed by atoms with Gasteiger partial charge in [-0.15, -0.1) is 0 Å². The molecule has 0 N–H and O–H groups in total. The molecule has 0 radical (unpaired) electrons. The van der Waals surface area contributed by atoms with Crippen LogP contribution in [0.4, 0.5) is 0 Å². The molecule has 3 aromatic rings. The number of nitrogens with zero attached hydrogens (tertiary/aromatic N) is 3. The summed E-state index contributed by atoms with van der Waals surface area (Å²) < 4.78 is 5.41. The van der Waals surface area contributed by atoms with Crippen LogP contribution in [0.3, 0.4) is 0 Å². The van der Waals surface area contributed by atoms with Crippen molar-refractivity contribution in [3.05, 3.63) is 71.1 Å². The predicted molar refractivity (Wildman–Crippen MR) is 104 cm³/mol. The maximum Gasteiger partial charge on any atom is 0.241 e. The first-order chi connectivity index (χ1) is 13.2. The number of halogens is 1. The van der Waals surface area contributed by atoms with Crippen LogP contribution in [0.15, 0.2) is 59.1 Å². The lowest BCUT2D eigenvalue weighted by atomic mass is 9.90. The van der Waals surface area contributed by atoms with Crippen LogP contribution in [0.25, 0.3) is 11.4 Å². The van der Waals surface area contributed by atoms with E-state index in [1.54, 1.807) is 12.1 Å². The van der Waals surface area contributed by atoms with Gasteiger partial charge in [0.05, 0.1) is 6.54 Å². The fraction of sp³-hybridized carbons (Fsp3) is 0.286. The zero-order valence-corrected chi connectivity index (χ0v) is 15.6. The number of Topliss-reactive ketones (excluding diaryl/α,β-unsaturated/α-hetero) is 1. The molecule has 1 aliphatic rings. The number of ketones is 1. The fourth-order valence-corrected chi connectivity index (χ4v) is 3.70. The molecule has 138 valence electrons. The van der Waals surface area contributed by atoms with Crippen molar-refractivity contribution in [3.63, 3.8) is 0 Å². The molecule has 0 saturated carbocycles. The summed E-state index contributed by atoms with van der Waals surface area (Å²) in [5.41, 5.74) is 1.61. The van der Waals surface area contributed by atoms with E-state index in [9.17, 15) is 4.79 Å². The van der Waals surface area contributed by atoms with Crippen LogP contribution >= 0.6 is 11.6 Å². The Balaban J connectivity index is 1.42. The molecule has 4 rings (SSSR count). The van der Waals surface area contributed by atoms with Crippen LogP contribution < -0.4 is 0 Å². The number of likely N-dealkylation sites (tertiary alicyclic amines) is 1. The molecule has 1 aromatic heterocycles. The second-order valence-corrected chi connectivity index (χ2v) is 7.26. The fourth-order valence-electron chi connectivity index (χ4n) is 3.51. The summed E-state index contributed by atoms with van der Waals surface area (Å²) in [6.45, 7) is 2.16. The third kappa shape index (κ3) is 4.26. The maximum absolute atomic E-state index is 12.8. The van der Waals surface area contributed by atoms with Gasteiger partial charge in [0.1, 0.15) is 0 Å². The van der Waals surface area contributed by atoms with E-state index in [-0.39, 0.29) is 11.7 Å². The minimum absolute atomic E-state index is 0.0336. The second kappa shape index (κ2) is 8.03. The molecule has 0 aliphatic carbocycles. The van der Waals surface area contributed by atoms with E-state index in [2.05, 4.69) is 15.0 Å². The van der Waals surface area contributed by atoms with Crippen LogP contribution in [0.5, 0.6) is 0 Å². The molecule has 27 heavy (non-hydrogen) atoms. The first-order valence-electron chi connectivity index (χ1n) is 9.09. The van der Waals surface area contributed by atoms with Crippen molar-refractivity contribution in [2.24, 2.45) is 5.92 Å². The van der Waals surface area contributed by atoms with Crippen molar-refractivity contribution in [1.29, 1.82) is 0 Å². The van der Waals surface area contributed by atoms with E-state index < -0.39 is 0 Å². The molecule has 1 saturated heterocycles. The van der Waals surface area contributed by atoms with Crippen LogP contribution in [-0.4, -0.2) is 33.9 Å². The van der Waals surface area contributed by atoms with E-state index in [4.69, 9.17) is 16.1 Å². The molecule has 0 bridgehead atoms. The molecule has 2 heterocycles. The van der Waals surface area contributed by atoms with Crippen LogP contribution in [0, 0.1) is 5.92 Å². The Labute approximate surface area is 163 Å². The quantitative estimate of drug-likeness (QED) is 0.609. The highest BCUT2D eigenvalue weighted by Gasteiger charge is 2.27. The minimum atomic E-state index is -0.0336. The average molecular weight is 382 g/mol. The Morgan fingerprint density at radius 2 is 2.04 bits per heavy atom. The average Bonchev–Trinajstić information content (AvgIpc) is 3.17. The normalized spacial score (nSPS) is 17.7. The van der Waals surface area contributed by atoms with Crippen LogP contribution in [0.2, 0.25) is 5.02 Å². The summed E-state index contributed by atoms with van der Waals surface area (Å²) >= 11 is 6.03. The number of hydrogen-bond acceptors (Lipinski definition) is 5. The molecule has 2 aromatic carbocycles. The Hall–Kier alpha value is -2.50. The van der Waals surface area contributed by atoms with Gasteiger partial charge in [0, 0.05) is 28.6 Å². The van der Waals surface area contributed by atoms with Crippen molar-refractivity contribution in [3.8, 4) is 11.4 Å². The SMILES string of the molecule is O=C(c1cccc(Cl)c1)C1CCCN(Cc2nc(-c3ccccc3)no2)C1. The minimum Gasteiger partial charge on any atom is -0.338 e. The van der Waals surface area contributed by atoms with Crippen LogP contribution in [0.1, 0.15) is 29.1 Å². The highest BCUT2D eigenvalue weighted by atomic mass is 35.5. The van der Waals surface area contributed by atoms with Gasteiger partial charge in [0.15, 0.2) is 5.78 Å². The summed E-state index contributed by atoms with van der Waals surface area (Å²) in [5.74, 6) is 1.28. The number of rotatable bonds is 5. The lowest BCUT2D eigenvalue weighted by Gasteiger charge is -2.30. The Morgan fingerprint density at radius 1 is 1.19 bits per heavy atom. The van der Waals surface area contributed by atoms with Gasteiger partial charge >= 0.3 is 0 Å². The van der Waals surface area contributed by atoms with E-state index in [0.717, 1.165) is 24.9 Å². The first kappa shape index (κ1) is 17.9. The summed E-state index contributed by atoms with van der Waals surface area (Å²) in [5, 5.41) is 4.66. The van der Waals surface area contributed by atoms with Gasteiger partial charge in [0.25, 0.3) is 0 Å². The van der Waals surface area contributed by atoms with Gasteiger partial charge in [-0.2, -0.15) is 4.98 Å². The highest BCUT2D eigenvalue weighted by Crippen LogP contribution is 2.24. The topological polar surface area (TPSA) is 59.2 Å². The van der Waals surface area contributed by atoms with E-state index >= 15 is 0 Å². The summed E-state index contributed by atoms with van der Waals surface area (Å²) in [4.78, 5) is 19.5. The third-order valence-corrected chi connectivity index (χ3v) is 5.08. The Bertz CT molecular complexity index is 926. The molecule has 1 fully saturated rings. The maximum atomic E-state index is 12.8. The molecular formula is C21H20ClN3O2. The molecule has 1 atom stereocenters. The molecule has 1 aliphatic heterocycles. The van der Waals surface area contributed by atoms with Crippen molar-refractivity contribution in [2.75, 3.05) is 13.1 Å². The molecule has 5 nitrogen and oxygen atoms in total. The molecule has 0 spiro atoms. The Kier molecular flexibility index (Phi) is 5.32. The standard InChI is InChI=1S/C21H20ClN3O2/c22-18-10-4-8-16(12-18)20(26)17-9-5-11-25(13-17)14-19-23-21(24-27-19)15-6-2-1-3-7-15/h1-4,6-8,10,12,17H,5,9,11,13-14H2. The van der Waals surface area contributed by atoms with E-state index in [1.807, 2.05) is 42.5 Å². The summed E-state index contributed by atoms with van der Waals surface area (Å²) in [6.07, 6.45) is 1.86. The summed E-state index contributed by atoms with van der Waals surface area (Å²) in [6, 6.07) is 16.9. The zero-order chi connectivity index (χ0) is 18.6. The molecule has 6 heteroatoms.